The zero-order chi connectivity index (χ0) is 16.7. The Hall–Kier alpha value is -2.70. The van der Waals surface area contributed by atoms with Gasteiger partial charge in [0.2, 0.25) is 17.8 Å². The summed E-state index contributed by atoms with van der Waals surface area (Å²) in [5, 5.41) is 4.14. The topological polar surface area (TPSA) is 71.3 Å². The molecule has 0 spiro atoms. The van der Waals surface area contributed by atoms with Gasteiger partial charge in [-0.3, -0.25) is 14.5 Å². The highest BCUT2D eigenvalue weighted by Crippen LogP contribution is 2.28. The molecule has 1 fully saturated rings. The molecule has 7 heteroatoms. The second kappa shape index (κ2) is 5.74. The minimum Gasteiger partial charge on any atom is -0.312 e. The predicted molar refractivity (Wildman–Crippen MR) is 88.6 cm³/mol. The fourth-order valence-corrected chi connectivity index (χ4v) is 3.45. The maximum Gasteiger partial charge on any atom is 0.234 e. The molecule has 3 heterocycles. The maximum absolute atomic E-state index is 12.9. The quantitative estimate of drug-likeness (QED) is 0.836. The Morgan fingerprint density at radius 3 is 3.00 bits per heavy atom. The van der Waals surface area contributed by atoms with Crippen LogP contribution in [0.2, 0.25) is 0 Å². The Kier molecular flexibility index (Phi) is 3.55. The van der Waals surface area contributed by atoms with Crippen LogP contribution in [0, 0.1) is 12.8 Å². The third-order valence-electron chi connectivity index (χ3n) is 4.64. The summed E-state index contributed by atoms with van der Waals surface area (Å²) < 4.78 is 1.75. The molecule has 2 amide bonds. The number of hydrogen-bond acceptors (Lipinski definition) is 4. The van der Waals surface area contributed by atoms with E-state index in [0.29, 0.717) is 19.0 Å². The minimum atomic E-state index is -0.332. The van der Waals surface area contributed by atoms with Gasteiger partial charge in [0, 0.05) is 31.7 Å². The standard InChI is InChI=1S/C17H19N5O2/c1-12-4-2-5-14(8-12)21-10-13(9-15(21)23)16(24)20-6-3-7-22-17(20)18-11-19-22/h2,4-5,8,11,13H,3,6-7,9-10H2,1H3/t13-/m1/s1. The Morgan fingerprint density at radius 1 is 1.29 bits per heavy atom. The number of benzene rings is 1. The van der Waals surface area contributed by atoms with Crippen molar-refractivity contribution in [3.05, 3.63) is 36.2 Å². The summed E-state index contributed by atoms with van der Waals surface area (Å²) in [5.74, 6) is 0.221. The van der Waals surface area contributed by atoms with Crippen molar-refractivity contribution in [2.24, 2.45) is 5.92 Å². The van der Waals surface area contributed by atoms with E-state index in [1.165, 1.54) is 6.33 Å². The average molecular weight is 325 g/mol. The fraction of sp³-hybridized carbons (Fsp3) is 0.412. The van der Waals surface area contributed by atoms with Crippen LogP contribution in [0.3, 0.4) is 0 Å². The van der Waals surface area contributed by atoms with Crippen LogP contribution >= 0.6 is 0 Å². The molecular formula is C17H19N5O2. The Morgan fingerprint density at radius 2 is 2.17 bits per heavy atom. The lowest BCUT2D eigenvalue weighted by atomic mass is 10.1. The number of hydrogen-bond donors (Lipinski definition) is 0. The lowest BCUT2D eigenvalue weighted by Gasteiger charge is -2.28. The molecule has 1 atom stereocenters. The van der Waals surface area contributed by atoms with Crippen LogP contribution in [0.15, 0.2) is 30.6 Å². The number of aryl methyl sites for hydroxylation is 2. The molecule has 124 valence electrons. The molecular weight excluding hydrogens is 306 g/mol. The maximum atomic E-state index is 12.9. The van der Waals surface area contributed by atoms with Crippen LogP contribution in [0.25, 0.3) is 0 Å². The van der Waals surface area contributed by atoms with E-state index >= 15 is 0 Å². The van der Waals surface area contributed by atoms with Gasteiger partial charge in [0.1, 0.15) is 6.33 Å². The minimum absolute atomic E-state index is 0.00238. The first-order valence-corrected chi connectivity index (χ1v) is 8.20. The summed E-state index contributed by atoms with van der Waals surface area (Å²) >= 11 is 0. The van der Waals surface area contributed by atoms with Crippen LogP contribution in [0.5, 0.6) is 0 Å². The lowest BCUT2D eigenvalue weighted by Crippen LogP contribution is -2.42. The van der Waals surface area contributed by atoms with Gasteiger partial charge < -0.3 is 4.90 Å². The van der Waals surface area contributed by atoms with E-state index in [-0.39, 0.29) is 24.2 Å². The predicted octanol–water partition coefficient (Wildman–Crippen LogP) is 1.38. The summed E-state index contributed by atoms with van der Waals surface area (Å²) in [5.41, 5.74) is 1.95. The van der Waals surface area contributed by atoms with Gasteiger partial charge in [0.25, 0.3) is 0 Å². The van der Waals surface area contributed by atoms with Crippen LogP contribution in [0.1, 0.15) is 18.4 Å². The average Bonchev–Trinajstić information content (AvgIpc) is 3.20. The molecule has 0 unspecified atom stereocenters. The monoisotopic (exact) mass is 325 g/mol. The van der Waals surface area contributed by atoms with Crippen molar-refractivity contribution in [3.63, 3.8) is 0 Å². The smallest absolute Gasteiger partial charge is 0.234 e. The van der Waals surface area contributed by atoms with Gasteiger partial charge in [0.15, 0.2) is 0 Å². The SMILES string of the molecule is Cc1cccc(N2C[C@H](C(=O)N3CCCn4ncnc43)CC2=O)c1. The van der Waals surface area contributed by atoms with Crippen LogP contribution < -0.4 is 9.80 Å². The molecule has 1 aromatic carbocycles. The van der Waals surface area contributed by atoms with E-state index in [4.69, 9.17) is 0 Å². The van der Waals surface area contributed by atoms with Gasteiger partial charge in [-0.25, -0.2) is 4.68 Å². The summed E-state index contributed by atoms with van der Waals surface area (Å²) in [7, 11) is 0. The van der Waals surface area contributed by atoms with Gasteiger partial charge >= 0.3 is 0 Å². The van der Waals surface area contributed by atoms with Crippen molar-refractivity contribution in [1.82, 2.24) is 14.8 Å². The molecule has 1 aromatic heterocycles. The summed E-state index contributed by atoms with van der Waals surface area (Å²) in [4.78, 5) is 32.9. The van der Waals surface area contributed by atoms with Crippen molar-refractivity contribution in [1.29, 1.82) is 0 Å². The van der Waals surface area contributed by atoms with Gasteiger partial charge in [-0.2, -0.15) is 10.1 Å². The van der Waals surface area contributed by atoms with Crippen molar-refractivity contribution in [2.75, 3.05) is 22.9 Å². The van der Waals surface area contributed by atoms with Gasteiger partial charge in [0.05, 0.1) is 5.92 Å². The molecule has 0 N–H and O–H groups in total. The molecule has 2 aliphatic rings. The lowest BCUT2D eigenvalue weighted by molar-refractivity contribution is -0.124. The van der Waals surface area contributed by atoms with Crippen molar-refractivity contribution in [2.45, 2.75) is 26.3 Å². The van der Waals surface area contributed by atoms with E-state index in [1.807, 2.05) is 31.2 Å². The first kappa shape index (κ1) is 14.9. The fourth-order valence-electron chi connectivity index (χ4n) is 3.45. The molecule has 7 nitrogen and oxygen atoms in total. The van der Waals surface area contributed by atoms with Crippen LogP contribution in [-0.4, -0.2) is 39.7 Å². The highest BCUT2D eigenvalue weighted by Gasteiger charge is 2.39. The Labute approximate surface area is 139 Å². The number of anilines is 2. The molecule has 2 aliphatic heterocycles. The molecule has 2 aromatic rings. The molecule has 1 saturated heterocycles. The molecule has 0 bridgehead atoms. The first-order valence-electron chi connectivity index (χ1n) is 8.20. The molecule has 24 heavy (non-hydrogen) atoms. The summed E-state index contributed by atoms with van der Waals surface area (Å²) in [6.45, 7) is 3.82. The number of aromatic nitrogens is 3. The number of fused-ring (bicyclic) bond motifs is 1. The molecule has 4 rings (SSSR count). The molecule has 0 saturated carbocycles. The largest absolute Gasteiger partial charge is 0.312 e. The van der Waals surface area contributed by atoms with Gasteiger partial charge in [-0.1, -0.05) is 12.1 Å². The molecule has 0 aliphatic carbocycles. The third-order valence-corrected chi connectivity index (χ3v) is 4.64. The molecule has 0 radical (unpaired) electrons. The number of nitrogens with zero attached hydrogens (tertiary/aromatic N) is 5. The Bertz CT molecular complexity index is 800. The van der Waals surface area contributed by atoms with Crippen LogP contribution in [0.4, 0.5) is 11.6 Å². The number of amides is 2. The Balaban J connectivity index is 1.54. The van der Waals surface area contributed by atoms with E-state index in [2.05, 4.69) is 10.1 Å². The second-order valence-electron chi connectivity index (χ2n) is 6.37. The highest BCUT2D eigenvalue weighted by atomic mass is 16.2. The summed E-state index contributed by atoms with van der Waals surface area (Å²) in [6.07, 6.45) is 2.57. The number of rotatable bonds is 2. The van der Waals surface area contributed by atoms with Crippen molar-refractivity contribution < 1.29 is 9.59 Å². The number of carbonyl (C=O) groups is 2. The van der Waals surface area contributed by atoms with E-state index < -0.39 is 0 Å². The number of carbonyl (C=O) groups excluding carboxylic acids is 2. The zero-order valence-corrected chi connectivity index (χ0v) is 13.6. The first-order chi connectivity index (χ1) is 11.6. The third kappa shape index (κ3) is 2.46. The summed E-state index contributed by atoms with van der Waals surface area (Å²) in [6, 6.07) is 7.81. The van der Waals surface area contributed by atoms with E-state index in [1.54, 1.807) is 14.5 Å². The van der Waals surface area contributed by atoms with Gasteiger partial charge in [-0.15, -0.1) is 0 Å². The normalized spacial score (nSPS) is 20.4. The van der Waals surface area contributed by atoms with E-state index in [0.717, 1.165) is 24.2 Å². The second-order valence-corrected chi connectivity index (χ2v) is 6.37. The van der Waals surface area contributed by atoms with Crippen molar-refractivity contribution >= 4 is 23.5 Å². The van der Waals surface area contributed by atoms with E-state index in [9.17, 15) is 9.59 Å². The van der Waals surface area contributed by atoms with Crippen molar-refractivity contribution in [3.8, 4) is 0 Å². The zero-order valence-electron chi connectivity index (χ0n) is 13.6. The highest BCUT2D eigenvalue weighted by molar-refractivity contribution is 6.04. The van der Waals surface area contributed by atoms with Crippen LogP contribution in [-0.2, 0) is 16.1 Å². The van der Waals surface area contributed by atoms with Gasteiger partial charge in [-0.05, 0) is 31.0 Å².